The first-order valence-corrected chi connectivity index (χ1v) is 9.49. The second kappa shape index (κ2) is 8.37. The molecular formula is C21H25N3O4. The largest absolute Gasteiger partial charge is 0.441 e. The average Bonchev–Trinajstić information content (AvgIpc) is 2.97. The third-order valence-electron chi connectivity index (χ3n) is 5.14. The summed E-state index contributed by atoms with van der Waals surface area (Å²) < 4.78 is 7.02. The third kappa shape index (κ3) is 3.98. The van der Waals surface area contributed by atoms with Crippen molar-refractivity contribution in [3.63, 3.8) is 0 Å². The van der Waals surface area contributed by atoms with Gasteiger partial charge in [-0.1, -0.05) is 30.3 Å². The number of aromatic nitrogens is 2. The number of ketones is 1. The van der Waals surface area contributed by atoms with E-state index in [1.807, 2.05) is 6.07 Å². The number of ether oxygens (including phenoxy) is 1. The highest BCUT2D eigenvalue weighted by atomic mass is 16.6. The SMILES string of the molecule is Cc1nn(C)c(C)c1C(=O)C(=O)OC(C(=O)N1CCCCC1)c1ccccc1. The molecule has 1 fully saturated rings. The maximum Gasteiger partial charge on any atom is 0.380 e. The van der Waals surface area contributed by atoms with E-state index in [0.29, 0.717) is 30.0 Å². The minimum Gasteiger partial charge on any atom is -0.441 e. The normalized spacial score (nSPS) is 15.2. The van der Waals surface area contributed by atoms with Gasteiger partial charge in [0.25, 0.3) is 11.7 Å². The first-order valence-electron chi connectivity index (χ1n) is 9.49. The van der Waals surface area contributed by atoms with Crippen LogP contribution in [0.3, 0.4) is 0 Å². The minimum absolute atomic E-state index is 0.227. The zero-order valence-electron chi connectivity index (χ0n) is 16.5. The lowest BCUT2D eigenvalue weighted by atomic mass is 10.1. The van der Waals surface area contributed by atoms with E-state index in [2.05, 4.69) is 5.10 Å². The van der Waals surface area contributed by atoms with Crippen LogP contribution in [0, 0.1) is 13.8 Å². The number of benzene rings is 1. The van der Waals surface area contributed by atoms with Gasteiger partial charge in [-0.25, -0.2) is 4.79 Å². The van der Waals surface area contributed by atoms with Crippen molar-refractivity contribution in [2.45, 2.75) is 39.2 Å². The number of carbonyl (C=O) groups is 3. The van der Waals surface area contributed by atoms with E-state index >= 15 is 0 Å². The highest BCUT2D eigenvalue weighted by molar-refractivity contribution is 6.41. The Hall–Kier alpha value is -2.96. The molecule has 0 bridgehead atoms. The van der Waals surface area contributed by atoms with Crippen molar-refractivity contribution in [3.05, 3.63) is 52.8 Å². The lowest BCUT2D eigenvalue weighted by Crippen LogP contribution is -2.40. The maximum atomic E-state index is 13.1. The van der Waals surface area contributed by atoms with E-state index in [9.17, 15) is 14.4 Å². The Morgan fingerprint density at radius 1 is 1.04 bits per heavy atom. The van der Waals surface area contributed by atoms with Crippen molar-refractivity contribution >= 4 is 17.7 Å². The number of carbonyl (C=O) groups excluding carboxylic acids is 3. The van der Waals surface area contributed by atoms with E-state index in [1.165, 1.54) is 0 Å². The molecular weight excluding hydrogens is 358 g/mol. The summed E-state index contributed by atoms with van der Waals surface area (Å²) in [4.78, 5) is 40.1. The summed E-state index contributed by atoms with van der Waals surface area (Å²) in [6.07, 6.45) is 1.80. The number of amides is 1. The molecule has 1 aliphatic rings. The Morgan fingerprint density at radius 2 is 1.68 bits per heavy atom. The van der Waals surface area contributed by atoms with Crippen molar-refractivity contribution in [2.75, 3.05) is 13.1 Å². The summed E-state index contributed by atoms with van der Waals surface area (Å²) in [5.41, 5.74) is 1.82. The third-order valence-corrected chi connectivity index (χ3v) is 5.14. The number of piperidine rings is 1. The molecule has 1 amide bonds. The van der Waals surface area contributed by atoms with Crippen molar-refractivity contribution in [1.29, 1.82) is 0 Å². The van der Waals surface area contributed by atoms with Gasteiger partial charge in [-0.2, -0.15) is 5.10 Å². The fourth-order valence-corrected chi connectivity index (χ4v) is 3.53. The van der Waals surface area contributed by atoms with E-state index in [-0.39, 0.29) is 11.5 Å². The number of hydrogen-bond acceptors (Lipinski definition) is 5. The highest BCUT2D eigenvalue weighted by Gasteiger charge is 2.34. The van der Waals surface area contributed by atoms with Crippen LogP contribution in [0.5, 0.6) is 0 Å². The molecule has 1 atom stereocenters. The van der Waals surface area contributed by atoms with Crippen LogP contribution < -0.4 is 0 Å². The van der Waals surface area contributed by atoms with Gasteiger partial charge in [-0.3, -0.25) is 14.3 Å². The van der Waals surface area contributed by atoms with Crippen LogP contribution in [-0.4, -0.2) is 45.4 Å². The molecule has 2 aromatic rings. The van der Waals surface area contributed by atoms with Crippen LogP contribution in [0.2, 0.25) is 0 Å². The monoisotopic (exact) mass is 383 g/mol. The Kier molecular flexibility index (Phi) is 5.92. The standard InChI is InChI=1S/C21H25N3O4/c1-14-17(15(2)23(3)22-14)18(25)21(27)28-19(16-10-6-4-7-11-16)20(26)24-12-8-5-9-13-24/h4,6-7,10-11,19H,5,8-9,12-13H2,1-3H3. The fraction of sp³-hybridized carbons (Fsp3) is 0.429. The molecule has 2 heterocycles. The maximum absolute atomic E-state index is 13.1. The van der Waals surface area contributed by atoms with Gasteiger partial charge in [0.15, 0.2) is 0 Å². The lowest BCUT2D eigenvalue weighted by molar-refractivity contribution is -0.157. The molecule has 1 aromatic carbocycles. The molecule has 7 heteroatoms. The molecule has 0 radical (unpaired) electrons. The van der Waals surface area contributed by atoms with E-state index < -0.39 is 17.9 Å². The summed E-state index contributed by atoms with van der Waals surface area (Å²) in [6, 6.07) is 8.82. The molecule has 7 nitrogen and oxygen atoms in total. The van der Waals surface area contributed by atoms with Gasteiger partial charge in [-0.05, 0) is 33.1 Å². The number of nitrogens with zero attached hydrogens (tertiary/aromatic N) is 3. The lowest BCUT2D eigenvalue weighted by Gasteiger charge is -2.30. The van der Waals surface area contributed by atoms with Gasteiger partial charge in [0.1, 0.15) is 0 Å². The predicted octanol–water partition coefficient (Wildman–Crippen LogP) is 2.52. The predicted molar refractivity (Wildman–Crippen MR) is 103 cm³/mol. The van der Waals surface area contributed by atoms with Crippen LogP contribution in [0.15, 0.2) is 30.3 Å². The van der Waals surface area contributed by atoms with Crippen molar-refractivity contribution in [1.82, 2.24) is 14.7 Å². The summed E-state index contributed by atoms with van der Waals surface area (Å²) in [5, 5.41) is 4.17. The molecule has 28 heavy (non-hydrogen) atoms. The number of hydrogen-bond donors (Lipinski definition) is 0. The van der Waals surface area contributed by atoms with Gasteiger partial charge in [0, 0.05) is 31.4 Å². The van der Waals surface area contributed by atoms with Gasteiger partial charge < -0.3 is 9.64 Å². The Morgan fingerprint density at radius 3 is 2.25 bits per heavy atom. The molecule has 3 rings (SSSR count). The quantitative estimate of drug-likeness (QED) is 0.450. The van der Waals surface area contributed by atoms with Gasteiger partial charge >= 0.3 is 5.97 Å². The zero-order valence-corrected chi connectivity index (χ0v) is 16.5. The van der Waals surface area contributed by atoms with Gasteiger partial charge in [0.2, 0.25) is 6.10 Å². The van der Waals surface area contributed by atoms with Crippen LogP contribution in [-0.2, 0) is 21.4 Å². The molecule has 0 N–H and O–H groups in total. The second-order valence-corrected chi connectivity index (χ2v) is 7.08. The fourth-order valence-electron chi connectivity index (χ4n) is 3.53. The first-order chi connectivity index (χ1) is 13.4. The first kappa shape index (κ1) is 19.8. The smallest absolute Gasteiger partial charge is 0.380 e. The highest BCUT2D eigenvalue weighted by Crippen LogP contribution is 2.24. The van der Waals surface area contributed by atoms with Gasteiger partial charge in [-0.15, -0.1) is 0 Å². The average molecular weight is 383 g/mol. The minimum atomic E-state index is -1.13. The van der Waals surface area contributed by atoms with Crippen molar-refractivity contribution in [2.24, 2.45) is 7.05 Å². The molecule has 148 valence electrons. The topological polar surface area (TPSA) is 81.5 Å². The Bertz CT molecular complexity index is 883. The summed E-state index contributed by atoms with van der Waals surface area (Å²) in [5.74, 6) is -2.11. The Labute approximate surface area is 164 Å². The van der Waals surface area contributed by atoms with Gasteiger partial charge in [0.05, 0.1) is 11.3 Å². The second-order valence-electron chi connectivity index (χ2n) is 7.08. The number of rotatable bonds is 5. The van der Waals surface area contributed by atoms with Crippen molar-refractivity contribution in [3.8, 4) is 0 Å². The number of esters is 1. The summed E-state index contributed by atoms with van der Waals surface area (Å²) in [7, 11) is 1.71. The zero-order chi connectivity index (χ0) is 20.3. The van der Waals surface area contributed by atoms with Crippen LogP contribution >= 0.6 is 0 Å². The molecule has 1 aromatic heterocycles. The molecule has 0 saturated carbocycles. The van der Waals surface area contributed by atoms with E-state index in [4.69, 9.17) is 4.74 Å². The summed E-state index contributed by atoms with van der Waals surface area (Å²) >= 11 is 0. The summed E-state index contributed by atoms with van der Waals surface area (Å²) in [6.45, 7) is 4.65. The van der Waals surface area contributed by atoms with Crippen molar-refractivity contribution < 1.29 is 19.1 Å². The van der Waals surface area contributed by atoms with Crippen LogP contribution in [0.25, 0.3) is 0 Å². The molecule has 1 saturated heterocycles. The number of likely N-dealkylation sites (tertiary alicyclic amines) is 1. The molecule has 0 aliphatic carbocycles. The Balaban J connectivity index is 1.85. The van der Waals surface area contributed by atoms with E-state index in [1.54, 1.807) is 54.7 Å². The number of Topliss-reactive ketones (excluding diaryl/α,β-unsaturated/α-hetero) is 1. The van der Waals surface area contributed by atoms with Crippen LogP contribution in [0.4, 0.5) is 0 Å². The van der Waals surface area contributed by atoms with Crippen LogP contribution in [0.1, 0.15) is 52.7 Å². The number of aryl methyl sites for hydroxylation is 2. The molecule has 0 spiro atoms. The molecule has 1 aliphatic heterocycles. The van der Waals surface area contributed by atoms with E-state index in [0.717, 1.165) is 19.3 Å². The molecule has 1 unspecified atom stereocenters.